The van der Waals surface area contributed by atoms with E-state index in [2.05, 4.69) is 20.1 Å². The number of nitrogens with zero attached hydrogens (tertiary/aromatic N) is 4. The predicted octanol–water partition coefficient (Wildman–Crippen LogP) is 0.964. The highest BCUT2D eigenvalue weighted by Gasteiger charge is 2.30. The summed E-state index contributed by atoms with van der Waals surface area (Å²) in [5.41, 5.74) is 1.11. The molecule has 0 saturated carbocycles. The van der Waals surface area contributed by atoms with Crippen LogP contribution in [0.3, 0.4) is 0 Å². The van der Waals surface area contributed by atoms with Crippen molar-refractivity contribution in [3.8, 4) is 11.8 Å². The first kappa shape index (κ1) is 21.7. The molecule has 3 aromatic rings. The quantitative estimate of drug-likeness (QED) is 0.515. The molecule has 0 bridgehead atoms. The van der Waals surface area contributed by atoms with Gasteiger partial charge < -0.3 is 10.1 Å². The van der Waals surface area contributed by atoms with Crippen LogP contribution in [0.25, 0.3) is 5.69 Å². The maximum absolute atomic E-state index is 12.3. The van der Waals surface area contributed by atoms with E-state index in [1.165, 1.54) is 16.9 Å². The molecule has 0 aliphatic carbocycles. The van der Waals surface area contributed by atoms with Gasteiger partial charge in [-0.15, -0.1) is 0 Å². The number of para-hydroxylation sites is 1. The zero-order chi connectivity index (χ0) is 23.4. The molecule has 2 N–H and O–H groups in total. The molecule has 0 saturated heterocycles. The van der Waals surface area contributed by atoms with Crippen molar-refractivity contribution < 1.29 is 22.7 Å². The second kappa shape index (κ2) is 8.93. The summed E-state index contributed by atoms with van der Waals surface area (Å²) < 4.78 is 32.7. The van der Waals surface area contributed by atoms with E-state index in [-0.39, 0.29) is 22.1 Å². The first-order valence-corrected chi connectivity index (χ1v) is 11.0. The molecule has 1 aliphatic rings. The number of carbonyl (C=O) groups is 2. The lowest BCUT2D eigenvalue weighted by molar-refractivity contribution is -0.145. The number of ether oxygens (including phenoxy) is 1. The number of rotatable bonds is 6. The number of esters is 1. The van der Waals surface area contributed by atoms with Crippen molar-refractivity contribution in [1.29, 1.82) is 5.26 Å². The molecule has 0 fully saturated rings. The van der Waals surface area contributed by atoms with E-state index in [1.807, 2.05) is 12.1 Å². The maximum Gasteiger partial charge on any atom is 0.328 e. The molecule has 1 aliphatic heterocycles. The van der Waals surface area contributed by atoms with Crippen molar-refractivity contribution in [2.75, 3.05) is 18.5 Å². The molecule has 0 unspecified atom stereocenters. The Kier molecular flexibility index (Phi) is 5.88. The summed E-state index contributed by atoms with van der Waals surface area (Å²) in [5, 5.41) is 15.9. The number of sulfonamides is 1. The number of nitriles is 1. The SMILES string of the molecule is N#Cc1cnn(-c2ccccc2)c1NC(=O)COC(=O)CN=C1NS(=O)(=O)c2ccccc21. The summed E-state index contributed by atoms with van der Waals surface area (Å²) in [6.45, 7) is -1.12. The van der Waals surface area contributed by atoms with Crippen LogP contribution in [-0.2, 0) is 24.3 Å². The first-order chi connectivity index (χ1) is 15.9. The number of aromatic nitrogens is 2. The summed E-state index contributed by atoms with van der Waals surface area (Å²) >= 11 is 0. The number of aliphatic imine (C=N–C) groups is 1. The maximum atomic E-state index is 12.3. The summed E-state index contributed by atoms with van der Waals surface area (Å²) in [6, 6.07) is 17.0. The fourth-order valence-corrected chi connectivity index (χ4v) is 4.32. The summed E-state index contributed by atoms with van der Waals surface area (Å²) in [7, 11) is -3.72. The Morgan fingerprint density at radius 3 is 2.64 bits per heavy atom. The van der Waals surface area contributed by atoms with Crippen LogP contribution in [-0.4, -0.2) is 49.1 Å². The molecule has 11 nitrogen and oxygen atoms in total. The monoisotopic (exact) mass is 464 g/mol. The van der Waals surface area contributed by atoms with Gasteiger partial charge in [-0.05, 0) is 24.3 Å². The van der Waals surface area contributed by atoms with E-state index in [0.29, 0.717) is 11.3 Å². The average molecular weight is 464 g/mol. The molecule has 0 spiro atoms. The van der Waals surface area contributed by atoms with Crippen molar-refractivity contribution in [3.63, 3.8) is 0 Å². The van der Waals surface area contributed by atoms with Crippen LogP contribution in [0.1, 0.15) is 11.1 Å². The lowest BCUT2D eigenvalue weighted by atomic mass is 10.2. The van der Waals surface area contributed by atoms with Gasteiger partial charge in [-0.2, -0.15) is 10.4 Å². The standard InChI is InChI=1S/C21H16N6O5S/c22-10-14-11-24-27(15-6-2-1-3-7-15)21(14)25-18(28)13-32-19(29)12-23-20-16-8-4-5-9-17(16)33(30,31)26-20/h1-9,11H,12-13H2,(H,23,26)(H,25,28). The summed E-state index contributed by atoms with van der Waals surface area (Å²) in [5.74, 6) is -1.35. The Hall–Kier alpha value is -4.50. The van der Waals surface area contributed by atoms with Crippen molar-refractivity contribution >= 4 is 33.6 Å². The normalized spacial score (nSPS) is 14.7. The summed E-state index contributed by atoms with van der Waals surface area (Å²) in [4.78, 5) is 28.4. The van der Waals surface area contributed by atoms with E-state index in [0.717, 1.165) is 0 Å². The van der Waals surface area contributed by atoms with E-state index in [4.69, 9.17) is 4.74 Å². The molecule has 0 atom stereocenters. The molecule has 33 heavy (non-hydrogen) atoms. The molecule has 0 radical (unpaired) electrons. The molecule has 2 aromatic carbocycles. The van der Waals surface area contributed by atoms with E-state index in [1.54, 1.807) is 42.5 Å². The third-order valence-electron chi connectivity index (χ3n) is 4.54. The van der Waals surface area contributed by atoms with Crippen molar-refractivity contribution in [3.05, 3.63) is 71.9 Å². The molecule has 12 heteroatoms. The van der Waals surface area contributed by atoms with Crippen LogP contribution in [0.4, 0.5) is 5.82 Å². The first-order valence-electron chi connectivity index (χ1n) is 9.55. The zero-order valence-corrected chi connectivity index (χ0v) is 17.7. The van der Waals surface area contributed by atoms with Gasteiger partial charge in [-0.25, -0.2) is 13.1 Å². The van der Waals surface area contributed by atoms with Crippen molar-refractivity contribution in [2.45, 2.75) is 4.90 Å². The minimum Gasteiger partial charge on any atom is -0.454 e. The van der Waals surface area contributed by atoms with Gasteiger partial charge in [0.15, 0.2) is 12.4 Å². The minimum atomic E-state index is -3.72. The highest BCUT2D eigenvalue weighted by atomic mass is 32.2. The van der Waals surface area contributed by atoms with Crippen LogP contribution >= 0.6 is 0 Å². The molecular weight excluding hydrogens is 448 g/mol. The van der Waals surface area contributed by atoms with Crippen LogP contribution in [0.2, 0.25) is 0 Å². The third-order valence-corrected chi connectivity index (χ3v) is 5.94. The number of nitrogens with one attached hydrogen (secondary N) is 2. The summed E-state index contributed by atoms with van der Waals surface area (Å²) in [6.07, 6.45) is 1.31. The van der Waals surface area contributed by atoms with Crippen LogP contribution in [0.15, 0.2) is 70.7 Å². The Labute approximate surface area is 188 Å². The number of fused-ring (bicyclic) bond motifs is 1. The van der Waals surface area contributed by atoms with E-state index >= 15 is 0 Å². The van der Waals surface area contributed by atoms with E-state index < -0.39 is 35.1 Å². The lowest BCUT2D eigenvalue weighted by Crippen LogP contribution is -2.25. The largest absolute Gasteiger partial charge is 0.454 e. The number of amidine groups is 1. The van der Waals surface area contributed by atoms with E-state index in [9.17, 15) is 23.3 Å². The fourth-order valence-electron chi connectivity index (χ4n) is 3.07. The highest BCUT2D eigenvalue weighted by Crippen LogP contribution is 2.22. The smallest absolute Gasteiger partial charge is 0.328 e. The van der Waals surface area contributed by atoms with Crippen LogP contribution in [0.5, 0.6) is 0 Å². The van der Waals surface area contributed by atoms with Gasteiger partial charge >= 0.3 is 5.97 Å². The van der Waals surface area contributed by atoms with Gasteiger partial charge in [0.05, 0.1) is 16.8 Å². The molecule has 2 heterocycles. The number of anilines is 1. The Bertz CT molecular complexity index is 1410. The van der Waals surface area contributed by atoms with Gasteiger partial charge in [0.25, 0.3) is 15.9 Å². The van der Waals surface area contributed by atoms with Gasteiger partial charge in [0, 0.05) is 5.56 Å². The van der Waals surface area contributed by atoms with Gasteiger partial charge in [0.2, 0.25) is 0 Å². The number of hydrogen-bond acceptors (Lipinski definition) is 8. The average Bonchev–Trinajstić information content (AvgIpc) is 3.34. The topological polar surface area (TPSA) is 156 Å². The second-order valence-electron chi connectivity index (χ2n) is 6.74. The fraction of sp³-hybridized carbons (Fsp3) is 0.0952. The lowest BCUT2D eigenvalue weighted by Gasteiger charge is -2.09. The van der Waals surface area contributed by atoms with Crippen molar-refractivity contribution in [1.82, 2.24) is 14.5 Å². The van der Waals surface area contributed by atoms with Crippen LogP contribution in [0, 0.1) is 11.3 Å². The third kappa shape index (κ3) is 4.58. The highest BCUT2D eigenvalue weighted by molar-refractivity contribution is 7.90. The molecular formula is C21H16N6O5S. The van der Waals surface area contributed by atoms with Gasteiger partial charge in [0.1, 0.15) is 24.0 Å². The van der Waals surface area contributed by atoms with Crippen LogP contribution < -0.4 is 10.0 Å². The Morgan fingerprint density at radius 1 is 1.15 bits per heavy atom. The molecule has 166 valence electrons. The number of hydrogen-bond donors (Lipinski definition) is 2. The van der Waals surface area contributed by atoms with Gasteiger partial charge in [-0.1, -0.05) is 30.3 Å². The predicted molar refractivity (Wildman–Crippen MR) is 116 cm³/mol. The minimum absolute atomic E-state index is 0.0254. The molecule has 1 amide bonds. The number of benzene rings is 2. The van der Waals surface area contributed by atoms with Crippen molar-refractivity contribution in [2.24, 2.45) is 4.99 Å². The number of carbonyl (C=O) groups excluding carboxylic acids is 2. The zero-order valence-electron chi connectivity index (χ0n) is 16.9. The Balaban J connectivity index is 1.38. The molecule has 4 rings (SSSR count). The molecule has 1 aromatic heterocycles. The van der Waals surface area contributed by atoms with Gasteiger partial charge in [-0.3, -0.25) is 19.3 Å². The number of amides is 1. The Morgan fingerprint density at radius 2 is 1.88 bits per heavy atom. The second-order valence-corrected chi connectivity index (χ2v) is 8.39.